The second kappa shape index (κ2) is 7.67. The van der Waals surface area contributed by atoms with Crippen molar-refractivity contribution >= 4 is 22.7 Å². The number of fused-ring (bicyclic) bond motifs is 1. The van der Waals surface area contributed by atoms with Crippen molar-refractivity contribution < 1.29 is 14.3 Å². The molecule has 2 aromatic heterocycles. The topological polar surface area (TPSA) is 64.1 Å². The Morgan fingerprint density at radius 2 is 1.53 bits per heavy atom. The lowest BCUT2D eigenvalue weighted by atomic mass is 10.0. The number of nitrogens with zero attached hydrogens (tertiary/aromatic N) is 1. The number of hydrogen-bond donors (Lipinski definition) is 1. The Kier molecular flexibility index (Phi) is 5.04. The summed E-state index contributed by atoms with van der Waals surface area (Å²) < 4.78 is 7.61. The maximum absolute atomic E-state index is 13.0. The first-order chi connectivity index (χ1) is 14.4. The Balaban J connectivity index is 1.52. The van der Waals surface area contributed by atoms with Crippen LogP contribution in [-0.2, 0) is 4.74 Å². The number of esters is 1. The van der Waals surface area contributed by atoms with E-state index in [4.69, 9.17) is 4.74 Å². The van der Waals surface area contributed by atoms with Gasteiger partial charge in [0.25, 0.3) is 0 Å². The van der Waals surface area contributed by atoms with E-state index in [1.807, 2.05) is 57.2 Å². The van der Waals surface area contributed by atoms with Crippen LogP contribution in [0.25, 0.3) is 16.6 Å². The van der Waals surface area contributed by atoms with Gasteiger partial charge in [-0.25, -0.2) is 4.79 Å². The van der Waals surface area contributed by atoms with E-state index in [1.54, 1.807) is 19.1 Å². The average Bonchev–Trinajstić information content (AvgIpc) is 3.25. The third-order valence-electron chi connectivity index (χ3n) is 5.43. The second-order valence-electron chi connectivity index (χ2n) is 7.58. The van der Waals surface area contributed by atoms with Gasteiger partial charge in [-0.05, 0) is 70.2 Å². The van der Waals surface area contributed by atoms with Gasteiger partial charge in [0.1, 0.15) is 0 Å². The number of hydrogen-bond acceptors (Lipinski definition) is 3. The van der Waals surface area contributed by atoms with Crippen molar-refractivity contribution in [3.63, 3.8) is 0 Å². The fourth-order valence-corrected chi connectivity index (χ4v) is 3.90. The SMILES string of the molecule is Cc1[nH]c2ccccc2c1C(=O)[C@@H](C)OC(=O)c1ccc(-n2c(C)ccc2C)cc1. The molecular formula is C25H24N2O3. The number of aryl methyl sites for hydroxylation is 3. The zero-order valence-electron chi connectivity index (χ0n) is 17.5. The van der Waals surface area contributed by atoms with Crippen molar-refractivity contribution in [1.29, 1.82) is 0 Å². The molecule has 4 aromatic rings. The molecule has 5 nitrogen and oxygen atoms in total. The van der Waals surface area contributed by atoms with Crippen molar-refractivity contribution in [2.45, 2.75) is 33.8 Å². The highest BCUT2D eigenvalue weighted by atomic mass is 16.5. The first-order valence-electron chi connectivity index (χ1n) is 9.94. The van der Waals surface area contributed by atoms with Crippen molar-refractivity contribution in [2.24, 2.45) is 0 Å². The highest BCUT2D eigenvalue weighted by Gasteiger charge is 2.25. The van der Waals surface area contributed by atoms with Gasteiger partial charge in [-0.15, -0.1) is 0 Å². The van der Waals surface area contributed by atoms with Crippen molar-refractivity contribution in [2.75, 3.05) is 0 Å². The third kappa shape index (κ3) is 3.43. The molecule has 0 bridgehead atoms. The quantitative estimate of drug-likeness (QED) is 0.365. The van der Waals surface area contributed by atoms with Crippen molar-refractivity contribution in [3.8, 4) is 5.69 Å². The van der Waals surface area contributed by atoms with Crippen molar-refractivity contribution in [1.82, 2.24) is 9.55 Å². The van der Waals surface area contributed by atoms with Crippen LogP contribution in [0.3, 0.4) is 0 Å². The summed E-state index contributed by atoms with van der Waals surface area (Å²) in [6, 6.07) is 18.9. The number of aromatic nitrogens is 2. The molecular weight excluding hydrogens is 376 g/mol. The predicted molar refractivity (Wildman–Crippen MR) is 117 cm³/mol. The Bertz CT molecular complexity index is 1230. The molecule has 0 aliphatic carbocycles. The Morgan fingerprint density at radius 1 is 0.900 bits per heavy atom. The number of ether oxygens (including phenoxy) is 1. The van der Waals surface area contributed by atoms with Crippen LogP contribution in [0.1, 0.15) is 44.7 Å². The summed E-state index contributed by atoms with van der Waals surface area (Å²) in [5.41, 5.74) is 5.86. The normalized spacial score (nSPS) is 12.1. The smallest absolute Gasteiger partial charge is 0.338 e. The van der Waals surface area contributed by atoms with Gasteiger partial charge in [-0.1, -0.05) is 18.2 Å². The number of rotatable bonds is 5. The second-order valence-corrected chi connectivity index (χ2v) is 7.58. The van der Waals surface area contributed by atoms with Gasteiger partial charge in [0.05, 0.1) is 5.56 Å². The van der Waals surface area contributed by atoms with Crippen LogP contribution in [0, 0.1) is 20.8 Å². The molecule has 0 unspecified atom stereocenters. The molecule has 0 saturated carbocycles. The van der Waals surface area contributed by atoms with Crippen LogP contribution in [-0.4, -0.2) is 27.4 Å². The maximum atomic E-state index is 13.0. The highest BCUT2D eigenvalue weighted by molar-refractivity contribution is 6.11. The monoisotopic (exact) mass is 400 g/mol. The number of carbonyl (C=O) groups excluding carboxylic acids is 2. The lowest BCUT2D eigenvalue weighted by molar-refractivity contribution is 0.0319. The van der Waals surface area contributed by atoms with Crippen LogP contribution in [0.4, 0.5) is 0 Å². The molecule has 1 atom stereocenters. The van der Waals surface area contributed by atoms with E-state index in [1.165, 1.54) is 0 Å². The summed E-state index contributed by atoms with van der Waals surface area (Å²) in [6.07, 6.45) is -0.885. The number of Topliss-reactive ketones (excluding diaryl/α,β-unsaturated/α-hetero) is 1. The fourth-order valence-electron chi connectivity index (χ4n) is 3.90. The fraction of sp³-hybridized carbons (Fsp3) is 0.200. The first kappa shape index (κ1) is 19.7. The van der Waals surface area contributed by atoms with Gasteiger partial charge in [-0.2, -0.15) is 0 Å². The molecule has 0 aliphatic heterocycles. The minimum atomic E-state index is -0.885. The number of para-hydroxylation sites is 1. The first-order valence-corrected chi connectivity index (χ1v) is 9.94. The number of carbonyl (C=O) groups is 2. The zero-order valence-corrected chi connectivity index (χ0v) is 17.5. The number of ketones is 1. The van der Waals surface area contributed by atoms with Crippen LogP contribution in [0.2, 0.25) is 0 Å². The van der Waals surface area contributed by atoms with Gasteiger partial charge in [0, 0.05) is 39.2 Å². The van der Waals surface area contributed by atoms with Gasteiger partial charge >= 0.3 is 5.97 Å². The summed E-state index contributed by atoms with van der Waals surface area (Å²) in [6.45, 7) is 7.54. The lowest BCUT2D eigenvalue weighted by Crippen LogP contribution is -2.25. The number of aromatic amines is 1. The van der Waals surface area contributed by atoms with Gasteiger partial charge in [0.2, 0.25) is 5.78 Å². The standard InChI is InChI=1S/C25H24N2O3/c1-15-9-10-16(2)27(15)20-13-11-19(12-14-20)25(29)30-18(4)24(28)23-17(3)26-22-8-6-5-7-21(22)23/h5-14,18,26H,1-4H3/t18-/m1/s1. The van der Waals surface area contributed by atoms with E-state index in [2.05, 4.69) is 21.7 Å². The van der Waals surface area contributed by atoms with Gasteiger partial charge < -0.3 is 14.3 Å². The van der Waals surface area contributed by atoms with E-state index in [-0.39, 0.29) is 5.78 Å². The molecule has 0 amide bonds. The number of benzene rings is 2. The predicted octanol–water partition coefficient (Wildman–Crippen LogP) is 5.31. The minimum Gasteiger partial charge on any atom is -0.451 e. The summed E-state index contributed by atoms with van der Waals surface area (Å²) in [5, 5.41) is 0.838. The lowest BCUT2D eigenvalue weighted by Gasteiger charge is -2.14. The van der Waals surface area contributed by atoms with E-state index >= 15 is 0 Å². The number of nitrogens with one attached hydrogen (secondary N) is 1. The minimum absolute atomic E-state index is 0.214. The molecule has 1 N–H and O–H groups in total. The Morgan fingerprint density at radius 3 is 2.20 bits per heavy atom. The van der Waals surface area contributed by atoms with E-state index < -0.39 is 12.1 Å². The van der Waals surface area contributed by atoms with Crippen LogP contribution in [0.5, 0.6) is 0 Å². The Hall–Kier alpha value is -3.60. The molecule has 2 aromatic carbocycles. The van der Waals surface area contributed by atoms with Gasteiger partial charge in [-0.3, -0.25) is 4.79 Å². The molecule has 0 radical (unpaired) electrons. The molecule has 0 fully saturated rings. The average molecular weight is 400 g/mol. The van der Waals surface area contributed by atoms with Crippen LogP contribution in [0.15, 0.2) is 60.7 Å². The molecule has 0 saturated heterocycles. The van der Waals surface area contributed by atoms with E-state index in [0.717, 1.165) is 33.7 Å². The molecule has 30 heavy (non-hydrogen) atoms. The summed E-state index contributed by atoms with van der Waals surface area (Å²) >= 11 is 0. The molecule has 0 spiro atoms. The van der Waals surface area contributed by atoms with E-state index in [9.17, 15) is 9.59 Å². The molecule has 0 aliphatic rings. The molecule has 152 valence electrons. The summed E-state index contributed by atoms with van der Waals surface area (Å²) in [4.78, 5) is 28.8. The highest BCUT2D eigenvalue weighted by Crippen LogP contribution is 2.24. The Labute approximate surface area is 175 Å². The van der Waals surface area contributed by atoms with Crippen LogP contribution >= 0.6 is 0 Å². The number of H-pyrrole nitrogens is 1. The summed E-state index contributed by atoms with van der Waals surface area (Å²) in [7, 11) is 0. The third-order valence-corrected chi connectivity index (χ3v) is 5.43. The summed E-state index contributed by atoms with van der Waals surface area (Å²) in [5.74, 6) is -0.727. The zero-order chi connectivity index (χ0) is 21.4. The largest absolute Gasteiger partial charge is 0.451 e. The van der Waals surface area contributed by atoms with Gasteiger partial charge in [0.15, 0.2) is 6.10 Å². The molecule has 2 heterocycles. The maximum Gasteiger partial charge on any atom is 0.338 e. The van der Waals surface area contributed by atoms with Crippen LogP contribution < -0.4 is 0 Å². The molecule has 5 heteroatoms. The molecule has 4 rings (SSSR count). The van der Waals surface area contributed by atoms with Crippen molar-refractivity contribution in [3.05, 3.63) is 88.9 Å². The van der Waals surface area contributed by atoms with E-state index in [0.29, 0.717) is 11.1 Å².